The van der Waals surface area contributed by atoms with E-state index in [4.69, 9.17) is 18.9 Å². The quantitative estimate of drug-likeness (QED) is 0.444. The minimum absolute atomic E-state index is 0.234. The fourth-order valence-corrected chi connectivity index (χ4v) is 6.77. The van der Waals surface area contributed by atoms with Crippen LogP contribution in [-0.2, 0) is 23.9 Å². The van der Waals surface area contributed by atoms with Gasteiger partial charge in [0.1, 0.15) is 12.1 Å². The summed E-state index contributed by atoms with van der Waals surface area (Å²) in [6.45, 7) is 1.45. The predicted molar refractivity (Wildman–Crippen MR) is 136 cm³/mol. The Kier molecular flexibility index (Phi) is 5.70. The largest absolute Gasteiger partial charge is 0.493 e. The van der Waals surface area contributed by atoms with E-state index in [1.54, 1.807) is 29.4 Å². The third-order valence-electron chi connectivity index (χ3n) is 8.44. The summed E-state index contributed by atoms with van der Waals surface area (Å²) in [7, 11) is 3.03. The highest BCUT2D eigenvalue weighted by molar-refractivity contribution is 6.07. The van der Waals surface area contributed by atoms with Crippen molar-refractivity contribution in [3.8, 4) is 11.5 Å². The van der Waals surface area contributed by atoms with Gasteiger partial charge >= 0.3 is 11.9 Å². The zero-order chi connectivity index (χ0) is 26.7. The summed E-state index contributed by atoms with van der Waals surface area (Å²) in [5, 5.41) is 6.22. The molecular weight excluding hydrogens is 488 g/mol. The maximum atomic E-state index is 14.4. The zero-order valence-electron chi connectivity index (χ0n) is 21.6. The number of carbonyl (C=O) groups is 3. The Morgan fingerprint density at radius 3 is 2.32 bits per heavy atom. The average Bonchev–Trinajstić information content (AvgIpc) is 3.25. The maximum absolute atomic E-state index is 14.4. The number of benzene rings is 2. The van der Waals surface area contributed by atoms with Gasteiger partial charge in [-0.25, -0.2) is 0 Å². The molecule has 3 heterocycles. The Hall–Kier alpha value is -3.88. The first kappa shape index (κ1) is 24.5. The molecule has 198 valence electrons. The van der Waals surface area contributed by atoms with Crippen molar-refractivity contribution in [1.29, 1.82) is 0 Å². The van der Waals surface area contributed by atoms with Crippen molar-refractivity contribution in [3.63, 3.8) is 0 Å². The highest BCUT2D eigenvalue weighted by Gasteiger charge is 2.75. The molecule has 0 amide bonds. The average molecular weight is 519 g/mol. The molecule has 0 radical (unpaired) electrons. The van der Waals surface area contributed by atoms with Crippen LogP contribution in [0, 0.1) is 5.41 Å². The molecule has 0 N–H and O–H groups in total. The van der Waals surface area contributed by atoms with Crippen LogP contribution in [0.2, 0.25) is 0 Å². The summed E-state index contributed by atoms with van der Waals surface area (Å²) >= 11 is 0. The van der Waals surface area contributed by atoms with Crippen LogP contribution >= 0.6 is 0 Å². The molecule has 3 fully saturated rings. The number of hydrogen-bond donors (Lipinski definition) is 0. The summed E-state index contributed by atoms with van der Waals surface area (Å²) < 4.78 is 23.2. The van der Waals surface area contributed by atoms with Gasteiger partial charge in [0.25, 0.3) is 5.79 Å². The lowest BCUT2D eigenvalue weighted by Crippen LogP contribution is -2.60. The Morgan fingerprint density at radius 1 is 0.974 bits per heavy atom. The van der Waals surface area contributed by atoms with Crippen molar-refractivity contribution in [2.45, 2.75) is 62.8 Å². The molecule has 1 aliphatic carbocycles. The normalized spacial score (nSPS) is 26.4. The lowest BCUT2D eigenvalue weighted by molar-refractivity contribution is -0.273. The smallest absolute Gasteiger partial charge is 0.330 e. The van der Waals surface area contributed by atoms with E-state index in [1.807, 2.05) is 24.3 Å². The zero-order valence-corrected chi connectivity index (χ0v) is 21.6. The molecule has 0 aromatic heterocycles. The predicted octanol–water partition coefficient (Wildman–Crippen LogP) is 3.90. The Morgan fingerprint density at radius 2 is 1.66 bits per heavy atom. The number of methoxy groups -OCH3 is 2. The number of ether oxygens (including phenoxy) is 4. The summed E-state index contributed by atoms with van der Waals surface area (Å²) in [6, 6.07) is 10.8. The van der Waals surface area contributed by atoms with Crippen LogP contribution in [0.25, 0.3) is 0 Å². The Balaban J connectivity index is 1.60. The third kappa shape index (κ3) is 3.30. The molecule has 9 heteroatoms. The second-order valence-electron chi connectivity index (χ2n) is 10.4. The van der Waals surface area contributed by atoms with E-state index >= 15 is 0 Å². The number of hydrazone groups is 1. The number of carbonyl (C=O) groups excluding carboxylic acids is 3. The van der Waals surface area contributed by atoms with Crippen LogP contribution in [0.4, 0.5) is 0 Å². The minimum atomic E-state index is -1.87. The minimum Gasteiger partial charge on any atom is -0.493 e. The molecule has 9 nitrogen and oxygen atoms in total. The van der Waals surface area contributed by atoms with E-state index in [2.05, 4.69) is 5.10 Å². The number of rotatable bonds is 4. The fourth-order valence-electron chi connectivity index (χ4n) is 6.77. The van der Waals surface area contributed by atoms with Crippen LogP contribution in [0.3, 0.4) is 0 Å². The Labute approximate surface area is 220 Å². The first-order chi connectivity index (χ1) is 18.4. The maximum Gasteiger partial charge on any atom is 0.330 e. The molecule has 38 heavy (non-hydrogen) atoms. The number of hydrogen-bond acceptors (Lipinski definition) is 9. The van der Waals surface area contributed by atoms with E-state index in [1.165, 1.54) is 21.1 Å². The molecule has 1 saturated carbocycles. The van der Waals surface area contributed by atoms with Crippen LogP contribution in [-0.4, -0.2) is 55.0 Å². The molecule has 0 bridgehead atoms. The lowest BCUT2D eigenvalue weighted by Gasteiger charge is -2.47. The van der Waals surface area contributed by atoms with E-state index in [-0.39, 0.29) is 5.78 Å². The van der Waals surface area contributed by atoms with Gasteiger partial charge in [-0.15, -0.1) is 0 Å². The molecule has 1 unspecified atom stereocenters. The van der Waals surface area contributed by atoms with Gasteiger partial charge in [0.15, 0.2) is 17.3 Å². The standard InChI is InChI=1S/C29H30N2O7/c1-17(32)24-23(18-11-12-21(35-2)22(15-18)36-3)29(25-20-10-6-5-9-19(20)16-30-31(24)25)26(33)37-28(38-27(29)34)13-7-4-8-14-28/h5-6,9-12,15-16,23-25H,4,7-8,13-14H2,1-3H3/t23-,24-,25?/m0/s1. The van der Waals surface area contributed by atoms with Gasteiger partial charge in [-0.3, -0.25) is 19.4 Å². The summed E-state index contributed by atoms with van der Waals surface area (Å²) in [6.07, 6.45) is 5.16. The highest BCUT2D eigenvalue weighted by atomic mass is 16.7. The molecule has 4 aliphatic rings. The van der Waals surface area contributed by atoms with Crippen molar-refractivity contribution < 1.29 is 33.3 Å². The highest BCUT2D eigenvalue weighted by Crippen LogP contribution is 2.63. The SMILES string of the molecule is COc1ccc([C@H]2[C@H](C(C)=O)N3N=Cc4ccccc4C3C23C(=O)OC2(CCCCC2)OC3=O)cc1OC. The van der Waals surface area contributed by atoms with Gasteiger partial charge in [-0.05, 0) is 48.6 Å². The molecule has 3 aliphatic heterocycles. The van der Waals surface area contributed by atoms with Gasteiger partial charge in [0.05, 0.1) is 20.4 Å². The van der Waals surface area contributed by atoms with Gasteiger partial charge in [-0.1, -0.05) is 36.8 Å². The number of fused-ring (bicyclic) bond motifs is 4. The topological polar surface area (TPSA) is 104 Å². The molecule has 2 saturated heterocycles. The number of Topliss-reactive ketones (excluding diaryl/α,β-unsaturated/α-hetero) is 1. The van der Waals surface area contributed by atoms with Gasteiger partial charge in [0.2, 0.25) is 5.41 Å². The van der Waals surface area contributed by atoms with E-state index < -0.39 is 41.1 Å². The number of esters is 2. The van der Waals surface area contributed by atoms with Crippen LogP contribution in [0.15, 0.2) is 47.6 Å². The van der Waals surface area contributed by atoms with E-state index in [9.17, 15) is 14.4 Å². The monoisotopic (exact) mass is 518 g/mol. The molecule has 3 atom stereocenters. The summed E-state index contributed by atoms with van der Waals surface area (Å²) in [5.41, 5.74) is 0.164. The molecular formula is C29H30N2O7. The summed E-state index contributed by atoms with van der Waals surface area (Å²) in [5.74, 6) is -2.91. The van der Waals surface area contributed by atoms with Gasteiger partial charge < -0.3 is 18.9 Å². The van der Waals surface area contributed by atoms with Crippen LogP contribution in [0.5, 0.6) is 11.5 Å². The van der Waals surface area contributed by atoms with E-state index in [0.29, 0.717) is 35.5 Å². The number of ketones is 1. The van der Waals surface area contributed by atoms with Crippen molar-refractivity contribution in [2.75, 3.05) is 14.2 Å². The van der Waals surface area contributed by atoms with Crippen molar-refractivity contribution in [3.05, 3.63) is 59.2 Å². The van der Waals surface area contributed by atoms with Crippen molar-refractivity contribution >= 4 is 23.9 Å². The van der Waals surface area contributed by atoms with Crippen molar-refractivity contribution in [1.82, 2.24) is 5.01 Å². The van der Waals surface area contributed by atoms with Crippen molar-refractivity contribution in [2.24, 2.45) is 10.5 Å². The lowest BCUT2D eigenvalue weighted by atomic mass is 9.65. The second-order valence-corrected chi connectivity index (χ2v) is 10.4. The van der Waals surface area contributed by atoms with Crippen LogP contribution in [0.1, 0.15) is 67.7 Å². The first-order valence-corrected chi connectivity index (χ1v) is 13.0. The van der Waals surface area contributed by atoms with Crippen LogP contribution < -0.4 is 9.47 Å². The third-order valence-corrected chi connectivity index (χ3v) is 8.44. The van der Waals surface area contributed by atoms with Gasteiger partial charge in [0, 0.05) is 18.8 Å². The van der Waals surface area contributed by atoms with E-state index in [0.717, 1.165) is 24.8 Å². The fraction of sp³-hybridized carbons (Fsp3) is 0.448. The number of nitrogens with zero attached hydrogens (tertiary/aromatic N) is 2. The first-order valence-electron chi connectivity index (χ1n) is 13.0. The second kappa shape index (κ2) is 8.85. The molecule has 6 rings (SSSR count). The summed E-state index contributed by atoms with van der Waals surface area (Å²) in [4.78, 5) is 42.2. The molecule has 2 aromatic carbocycles. The van der Waals surface area contributed by atoms with Gasteiger partial charge in [-0.2, -0.15) is 5.10 Å². The molecule has 2 aromatic rings. The Bertz CT molecular complexity index is 1330. The molecule has 2 spiro atoms.